The van der Waals surface area contributed by atoms with Gasteiger partial charge in [-0.2, -0.15) is 0 Å². The molecule has 124 valence electrons. The van der Waals surface area contributed by atoms with Gasteiger partial charge < -0.3 is 14.6 Å². The van der Waals surface area contributed by atoms with Crippen molar-refractivity contribution in [3.05, 3.63) is 41.4 Å². The first-order valence-electron chi connectivity index (χ1n) is 7.97. The summed E-state index contributed by atoms with van der Waals surface area (Å²) in [6.45, 7) is 2.33. The van der Waals surface area contributed by atoms with Gasteiger partial charge in [-0.3, -0.25) is 4.79 Å². The van der Waals surface area contributed by atoms with Gasteiger partial charge in [-0.05, 0) is 36.5 Å². The van der Waals surface area contributed by atoms with E-state index >= 15 is 0 Å². The third kappa shape index (κ3) is 3.88. The number of allylic oxidation sites excluding steroid dienone is 1. The highest BCUT2D eigenvalue weighted by Gasteiger charge is 2.47. The molecule has 3 rings (SSSR count). The number of aliphatic hydroxyl groups is 1. The molecule has 0 amide bonds. The number of esters is 1. The summed E-state index contributed by atoms with van der Waals surface area (Å²) in [5, 5.41) is 10.7. The van der Waals surface area contributed by atoms with E-state index in [0.717, 1.165) is 6.42 Å². The fourth-order valence-electron chi connectivity index (χ4n) is 3.56. The molecule has 1 heterocycles. The first-order chi connectivity index (χ1) is 11.0. The van der Waals surface area contributed by atoms with Crippen molar-refractivity contribution in [1.82, 2.24) is 0 Å². The Hall–Kier alpha value is -1.52. The van der Waals surface area contributed by atoms with Gasteiger partial charge in [0.2, 0.25) is 0 Å². The average molecular weight is 337 g/mol. The van der Waals surface area contributed by atoms with E-state index in [1.165, 1.54) is 0 Å². The van der Waals surface area contributed by atoms with Gasteiger partial charge >= 0.3 is 5.97 Å². The van der Waals surface area contributed by atoms with Gasteiger partial charge in [-0.15, -0.1) is 0 Å². The van der Waals surface area contributed by atoms with E-state index in [-0.39, 0.29) is 30.5 Å². The van der Waals surface area contributed by atoms with Crippen molar-refractivity contribution in [3.8, 4) is 5.75 Å². The molecular weight excluding hydrogens is 316 g/mol. The molecule has 1 aromatic rings. The summed E-state index contributed by atoms with van der Waals surface area (Å²) in [4.78, 5) is 11.4. The van der Waals surface area contributed by atoms with Crippen LogP contribution in [-0.4, -0.2) is 29.9 Å². The Morgan fingerprint density at radius 3 is 3.13 bits per heavy atom. The Labute approximate surface area is 141 Å². The fraction of sp³-hybridized carbons (Fsp3) is 0.500. The van der Waals surface area contributed by atoms with Gasteiger partial charge in [0.1, 0.15) is 24.6 Å². The molecule has 2 fully saturated rings. The van der Waals surface area contributed by atoms with E-state index in [1.54, 1.807) is 30.3 Å². The predicted molar refractivity (Wildman–Crippen MR) is 87.4 cm³/mol. The van der Waals surface area contributed by atoms with Gasteiger partial charge in [0, 0.05) is 10.9 Å². The molecule has 4 nitrogen and oxygen atoms in total. The number of ether oxygens (including phenoxy) is 2. The van der Waals surface area contributed by atoms with Gasteiger partial charge in [0.25, 0.3) is 0 Å². The maximum atomic E-state index is 11.4. The summed E-state index contributed by atoms with van der Waals surface area (Å²) in [6, 6.07) is 7.08. The molecule has 1 N–H and O–H groups in total. The normalized spacial score (nSPS) is 31.2. The van der Waals surface area contributed by atoms with Crippen molar-refractivity contribution in [1.29, 1.82) is 0 Å². The molecule has 1 saturated heterocycles. The smallest absolute Gasteiger partial charge is 0.306 e. The van der Waals surface area contributed by atoms with Crippen LogP contribution in [0.25, 0.3) is 0 Å². The monoisotopic (exact) mass is 336 g/mol. The van der Waals surface area contributed by atoms with Crippen LogP contribution in [0.5, 0.6) is 5.75 Å². The minimum atomic E-state index is -0.696. The van der Waals surface area contributed by atoms with E-state index in [9.17, 15) is 9.90 Å². The fourth-order valence-corrected chi connectivity index (χ4v) is 3.74. The average Bonchev–Trinajstić information content (AvgIpc) is 2.98. The lowest BCUT2D eigenvalue weighted by Gasteiger charge is -2.16. The number of rotatable bonds is 5. The number of halogens is 1. The van der Waals surface area contributed by atoms with Gasteiger partial charge in [-0.1, -0.05) is 36.7 Å². The number of carbonyl (C=O) groups is 1. The maximum Gasteiger partial charge on any atom is 0.306 e. The van der Waals surface area contributed by atoms with Crippen LogP contribution in [0.2, 0.25) is 5.02 Å². The molecule has 0 radical (unpaired) electrons. The second-order valence-electron chi connectivity index (χ2n) is 6.41. The van der Waals surface area contributed by atoms with Crippen LogP contribution in [0.15, 0.2) is 36.4 Å². The van der Waals surface area contributed by atoms with Crippen molar-refractivity contribution < 1.29 is 19.4 Å². The molecule has 0 spiro atoms. The molecule has 23 heavy (non-hydrogen) atoms. The Morgan fingerprint density at radius 2 is 2.35 bits per heavy atom. The number of hydrogen-bond acceptors (Lipinski definition) is 4. The zero-order chi connectivity index (χ0) is 16.4. The summed E-state index contributed by atoms with van der Waals surface area (Å²) in [6.07, 6.45) is 4.52. The Bertz CT molecular complexity index is 600. The summed E-state index contributed by atoms with van der Waals surface area (Å²) in [7, 11) is 0. The zero-order valence-electron chi connectivity index (χ0n) is 13.0. The first kappa shape index (κ1) is 16.3. The number of carbonyl (C=O) groups excluding carboxylic acids is 1. The molecular formula is C18H21ClO4. The second-order valence-corrected chi connectivity index (χ2v) is 6.84. The highest BCUT2D eigenvalue weighted by Crippen LogP contribution is 2.45. The lowest BCUT2D eigenvalue weighted by molar-refractivity contribution is -0.141. The Morgan fingerprint density at radius 1 is 1.52 bits per heavy atom. The second kappa shape index (κ2) is 6.93. The van der Waals surface area contributed by atoms with Gasteiger partial charge in [-0.25, -0.2) is 0 Å². The quantitative estimate of drug-likeness (QED) is 0.662. The van der Waals surface area contributed by atoms with Crippen LogP contribution in [0, 0.1) is 17.8 Å². The number of aliphatic hydroxyl groups excluding tert-OH is 1. The lowest BCUT2D eigenvalue weighted by Crippen LogP contribution is -2.17. The van der Waals surface area contributed by atoms with E-state index in [1.807, 2.05) is 6.08 Å². The van der Waals surface area contributed by atoms with Crippen molar-refractivity contribution in [2.24, 2.45) is 17.8 Å². The molecule has 0 aromatic heterocycles. The maximum absolute atomic E-state index is 11.4. The minimum Gasteiger partial charge on any atom is -0.491 e. The van der Waals surface area contributed by atoms with Crippen LogP contribution in [0.1, 0.15) is 19.8 Å². The molecule has 0 bridgehead atoms. The molecule has 1 unspecified atom stereocenters. The molecule has 5 heteroatoms. The predicted octanol–water partition coefficient (Wildman–Crippen LogP) is 3.22. The topological polar surface area (TPSA) is 55.8 Å². The van der Waals surface area contributed by atoms with Crippen LogP contribution in [0.4, 0.5) is 0 Å². The minimum absolute atomic E-state index is 0.0482. The standard InChI is InChI=1S/C18H21ClO4/c1-11-7-17-16(9-18(21)23-17)15(11)6-5-13(20)10-22-14-4-2-3-12(19)8-14/h2-6,8,11,13,15-17,20H,7,9-10H2,1H3/b6-5+/t11-,13+,15?,16-,17+/m1/s1. The molecule has 1 aliphatic carbocycles. The Balaban J connectivity index is 1.53. The summed E-state index contributed by atoms with van der Waals surface area (Å²) < 4.78 is 10.9. The van der Waals surface area contributed by atoms with Crippen molar-refractivity contribution in [2.45, 2.75) is 32.0 Å². The Kier molecular flexibility index (Phi) is 4.93. The number of hydrogen-bond donors (Lipinski definition) is 1. The zero-order valence-corrected chi connectivity index (χ0v) is 13.8. The lowest BCUT2D eigenvalue weighted by atomic mass is 9.88. The van der Waals surface area contributed by atoms with Crippen molar-refractivity contribution in [2.75, 3.05) is 6.61 Å². The number of benzene rings is 1. The summed E-state index contributed by atoms with van der Waals surface area (Å²) >= 11 is 5.89. The van der Waals surface area contributed by atoms with E-state index < -0.39 is 6.10 Å². The van der Waals surface area contributed by atoms with Crippen molar-refractivity contribution >= 4 is 17.6 Å². The van der Waals surface area contributed by atoms with Crippen LogP contribution in [-0.2, 0) is 9.53 Å². The van der Waals surface area contributed by atoms with Crippen LogP contribution >= 0.6 is 11.6 Å². The molecule has 1 saturated carbocycles. The summed E-state index contributed by atoms with van der Waals surface area (Å²) in [5.74, 6) is 1.50. The van der Waals surface area contributed by atoms with Gasteiger partial charge in [0.15, 0.2) is 0 Å². The third-order valence-corrected chi connectivity index (χ3v) is 4.93. The largest absolute Gasteiger partial charge is 0.491 e. The summed E-state index contributed by atoms with van der Waals surface area (Å²) in [5.41, 5.74) is 0. The van der Waals surface area contributed by atoms with E-state index in [0.29, 0.717) is 23.1 Å². The molecule has 5 atom stereocenters. The van der Waals surface area contributed by atoms with Gasteiger partial charge in [0.05, 0.1) is 6.42 Å². The van der Waals surface area contributed by atoms with Crippen LogP contribution in [0.3, 0.4) is 0 Å². The SMILES string of the molecule is C[C@@H]1C[C@@H]2OC(=O)C[C@@H]2C1/C=C/[C@H](O)COc1cccc(Cl)c1. The first-order valence-corrected chi connectivity index (χ1v) is 8.35. The molecule has 2 aliphatic rings. The van der Waals surface area contributed by atoms with E-state index in [2.05, 4.69) is 6.92 Å². The molecule has 1 aromatic carbocycles. The molecule has 1 aliphatic heterocycles. The highest BCUT2D eigenvalue weighted by atomic mass is 35.5. The number of fused-ring (bicyclic) bond motifs is 1. The van der Waals surface area contributed by atoms with Crippen LogP contribution < -0.4 is 4.74 Å². The highest BCUT2D eigenvalue weighted by molar-refractivity contribution is 6.30. The van der Waals surface area contributed by atoms with Crippen molar-refractivity contribution in [3.63, 3.8) is 0 Å². The van der Waals surface area contributed by atoms with E-state index in [4.69, 9.17) is 21.1 Å². The third-order valence-electron chi connectivity index (χ3n) is 4.69.